The maximum Gasteiger partial charge on any atom is 0.193 e. The highest BCUT2D eigenvalue weighted by Gasteiger charge is 2.25. The summed E-state index contributed by atoms with van der Waals surface area (Å²) in [6.45, 7) is 3.36. The summed E-state index contributed by atoms with van der Waals surface area (Å²) in [5.74, 6) is 2.85. The minimum atomic E-state index is 0.759. The van der Waals surface area contributed by atoms with Gasteiger partial charge in [-0.1, -0.05) is 43.2 Å². The lowest BCUT2D eigenvalue weighted by Crippen LogP contribution is -2.40. The van der Waals surface area contributed by atoms with Crippen molar-refractivity contribution < 1.29 is 0 Å². The second-order valence-electron chi connectivity index (χ2n) is 6.50. The van der Waals surface area contributed by atoms with Crippen molar-refractivity contribution in [1.29, 1.82) is 0 Å². The van der Waals surface area contributed by atoms with Crippen molar-refractivity contribution in [3.63, 3.8) is 0 Å². The van der Waals surface area contributed by atoms with Crippen LogP contribution in [0.15, 0.2) is 35.3 Å². The van der Waals surface area contributed by atoms with Crippen molar-refractivity contribution in [2.24, 2.45) is 16.8 Å². The molecule has 0 amide bonds. The molecule has 21 heavy (non-hydrogen) atoms. The summed E-state index contributed by atoms with van der Waals surface area (Å²) in [6, 6.07) is 10.9. The molecule has 0 spiro atoms. The molecule has 3 rings (SSSR count). The molecule has 1 saturated heterocycles. The minimum absolute atomic E-state index is 0.759. The molecule has 0 radical (unpaired) electrons. The highest BCUT2D eigenvalue weighted by Crippen LogP contribution is 2.31. The van der Waals surface area contributed by atoms with E-state index in [0.717, 1.165) is 37.4 Å². The number of guanidine groups is 1. The van der Waals surface area contributed by atoms with Crippen LogP contribution in [0.3, 0.4) is 0 Å². The fraction of sp³-hybridized carbons (Fsp3) is 0.611. The van der Waals surface area contributed by atoms with Gasteiger partial charge in [-0.15, -0.1) is 0 Å². The number of hydrogen-bond donors (Lipinski definition) is 1. The van der Waals surface area contributed by atoms with Crippen LogP contribution in [-0.4, -0.2) is 37.5 Å². The van der Waals surface area contributed by atoms with E-state index in [0.29, 0.717) is 0 Å². The standard InChI is InChI=1S/C18H27N3/c1-19-18(20-11-9-15-7-8-15)21-12-10-17(14-21)13-16-5-3-2-4-6-16/h2-6,15,17H,7-14H2,1H3,(H,19,20). The maximum absolute atomic E-state index is 4.46. The average molecular weight is 285 g/mol. The lowest BCUT2D eigenvalue weighted by molar-refractivity contribution is 0.458. The Morgan fingerprint density at radius 3 is 2.71 bits per heavy atom. The molecular formula is C18H27N3. The number of aliphatic imine (C=N–C) groups is 1. The first-order chi connectivity index (χ1) is 10.3. The van der Waals surface area contributed by atoms with Crippen LogP contribution in [0.25, 0.3) is 0 Å². The van der Waals surface area contributed by atoms with E-state index in [1.165, 1.54) is 37.7 Å². The number of likely N-dealkylation sites (tertiary alicyclic amines) is 1. The number of nitrogens with one attached hydrogen (secondary N) is 1. The molecule has 0 aromatic heterocycles. The quantitative estimate of drug-likeness (QED) is 0.665. The van der Waals surface area contributed by atoms with E-state index in [1.54, 1.807) is 0 Å². The Hall–Kier alpha value is -1.51. The lowest BCUT2D eigenvalue weighted by Gasteiger charge is -2.21. The highest BCUT2D eigenvalue weighted by molar-refractivity contribution is 5.80. The van der Waals surface area contributed by atoms with E-state index in [-0.39, 0.29) is 0 Å². The maximum atomic E-state index is 4.46. The van der Waals surface area contributed by atoms with Crippen LogP contribution in [0, 0.1) is 11.8 Å². The van der Waals surface area contributed by atoms with Gasteiger partial charge in [0, 0.05) is 26.7 Å². The van der Waals surface area contributed by atoms with Gasteiger partial charge in [-0.05, 0) is 36.7 Å². The summed E-state index contributed by atoms with van der Waals surface area (Å²) in [6.07, 6.45) is 6.64. The van der Waals surface area contributed by atoms with Crippen LogP contribution < -0.4 is 5.32 Å². The Balaban J connectivity index is 1.45. The first-order valence-electron chi connectivity index (χ1n) is 8.34. The predicted octanol–water partition coefficient (Wildman–Crippen LogP) is 2.93. The number of rotatable bonds is 5. The van der Waals surface area contributed by atoms with Crippen molar-refractivity contribution in [2.75, 3.05) is 26.7 Å². The van der Waals surface area contributed by atoms with Crippen molar-refractivity contribution in [2.45, 2.75) is 32.1 Å². The van der Waals surface area contributed by atoms with Gasteiger partial charge in [-0.3, -0.25) is 4.99 Å². The molecule has 3 heteroatoms. The lowest BCUT2D eigenvalue weighted by atomic mass is 9.99. The molecule has 2 fully saturated rings. The first-order valence-corrected chi connectivity index (χ1v) is 8.34. The smallest absolute Gasteiger partial charge is 0.193 e. The Morgan fingerprint density at radius 2 is 2.00 bits per heavy atom. The third-order valence-electron chi connectivity index (χ3n) is 4.70. The summed E-state index contributed by atoms with van der Waals surface area (Å²) in [5, 5.41) is 3.54. The molecule has 2 aliphatic rings. The molecule has 1 aliphatic carbocycles. The number of benzene rings is 1. The molecule has 1 aromatic carbocycles. The fourth-order valence-corrected chi connectivity index (χ4v) is 3.27. The predicted molar refractivity (Wildman–Crippen MR) is 88.5 cm³/mol. The molecule has 1 unspecified atom stereocenters. The second-order valence-corrected chi connectivity index (χ2v) is 6.50. The molecule has 1 N–H and O–H groups in total. The van der Waals surface area contributed by atoms with Crippen LogP contribution in [0.4, 0.5) is 0 Å². The molecule has 3 nitrogen and oxygen atoms in total. The van der Waals surface area contributed by atoms with Crippen molar-refractivity contribution >= 4 is 5.96 Å². The summed E-state index contributed by atoms with van der Waals surface area (Å²) in [4.78, 5) is 6.89. The summed E-state index contributed by atoms with van der Waals surface area (Å²) in [5.41, 5.74) is 1.46. The van der Waals surface area contributed by atoms with Gasteiger partial charge < -0.3 is 10.2 Å². The topological polar surface area (TPSA) is 27.6 Å². The van der Waals surface area contributed by atoms with Crippen molar-refractivity contribution in [3.05, 3.63) is 35.9 Å². The molecular weight excluding hydrogens is 258 g/mol. The largest absolute Gasteiger partial charge is 0.356 e. The molecule has 0 bridgehead atoms. The van der Waals surface area contributed by atoms with E-state index in [9.17, 15) is 0 Å². The minimum Gasteiger partial charge on any atom is -0.356 e. The summed E-state index contributed by atoms with van der Waals surface area (Å²) < 4.78 is 0. The van der Waals surface area contributed by atoms with E-state index >= 15 is 0 Å². The highest BCUT2D eigenvalue weighted by atomic mass is 15.3. The second kappa shape index (κ2) is 6.97. The van der Waals surface area contributed by atoms with Crippen molar-refractivity contribution in [3.8, 4) is 0 Å². The monoisotopic (exact) mass is 285 g/mol. The molecule has 114 valence electrons. The Kier molecular flexibility index (Phi) is 4.79. The summed E-state index contributed by atoms with van der Waals surface area (Å²) >= 11 is 0. The van der Waals surface area contributed by atoms with Gasteiger partial charge in [0.15, 0.2) is 5.96 Å². The van der Waals surface area contributed by atoms with Gasteiger partial charge in [0.2, 0.25) is 0 Å². The average Bonchev–Trinajstić information content (AvgIpc) is 3.23. The Bertz CT molecular complexity index is 465. The molecule has 1 aliphatic heterocycles. The zero-order chi connectivity index (χ0) is 14.5. The summed E-state index contributed by atoms with van der Waals surface area (Å²) in [7, 11) is 1.91. The van der Waals surface area contributed by atoms with E-state index in [1.807, 2.05) is 7.05 Å². The SMILES string of the molecule is CN=C(NCCC1CC1)N1CCC(Cc2ccccc2)C1. The van der Waals surface area contributed by atoms with Crippen LogP contribution in [0.1, 0.15) is 31.2 Å². The van der Waals surface area contributed by atoms with Gasteiger partial charge in [0.25, 0.3) is 0 Å². The number of nitrogens with zero attached hydrogens (tertiary/aromatic N) is 2. The zero-order valence-corrected chi connectivity index (χ0v) is 13.1. The zero-order valence-electron chi connectivity index (χ0n) is 13.1. The Morgan fingerprint density at radius 1 is 1.19 bits per heavy atom. The van der Waals surface area contributed by atoms with Crippen LogP contribution >= 0.6 is 0 Å². The first kappa shape index (κ1) is 14.4. The van der Waals surface area contributed by atoms with Crippen LogP contribution in [0.2, 0.25) is 0 Å². The van der Waals surface area contributed by atoms with Crippen molar-refractivity contribution in [1.82, 2.24) is 10.2 Å². The molecule has 1 aromatic rings. The molecule has 1 heterocycles. The Labute approximate surface area is 128 Å². The van der Waals surface area contributed by atoms with E-state index < -0.39 is 0 Å². The van der Waals surface area contributed by atoms with Gasteiger partial charge in [-0.2, -0.15) is 0 Å². The van der Waals surface area contributed by atoms with Crippen LogP contribution in [0.5, 0.6) is 0 Å². The van der Waals surface area contributed by atoms with Crippen LogP contribution in [-0.2, 0) is 6.42 Å². The van der Waals surface area contributed by atoms with Gasteiger partial charge >= 0.3 is 0 Å². The van der Waals surface area contributed by atoms with E-state index in [4.69, 9.17) is 0 Å². The molecule has 1 saturated carbocycles. The van der Waals surface area contributed by atoms with Gasteiger partial charge in [0.1, 0.15) is 0 Å². The van der Waals surface area contributed by atoms with Gasteiger partial charge in [0.05, 0.1) is 0 Å². The molecule has 1 atom stereocenters. The fourth-order valence-electron chi connectivity index (χ4n) is 3.27. The number of hydrogen-bond acceptors (Lipinski definition) is 1. The van der Waals surface area contributed by atoms with E-state index in [2.05, 4.69) is 45.5 Å². The third kappa shape index (κ3) is 4.23. The third-order valence-corrected chi connectivity index (χ3v) is 4.70. The normalized spacial score (nSPS) is 22.6. The van der Waals surface area contributed by atoms with Gasteiger partial charge in [-0.25, -0.2) is 0 Å².